The molecule has 1 aromatic heterocycles. The highest BCUT2D eigenvalue weighted by Gasteiger charge is 2.23. The summed E-state index contributed by atoms with van der Waals surface area (Å²) in [6.45, 7) is 2.03. The van der Waals surface area contributed by atoms with Gasteiger partial charge in [0, 0.05) is 4.88 Å². The predicted octanol–water partition coefficient (Wildman–Crippen LogP) is 2.85. The summed E-state index contributed by atoms with van der Waals surface area (Å²) < 4.78 is 28.0. The molecule has 2 aromatic rings. The highest BCUT2D eigenvalue weighted by Crippen LogP contribution is 2.27. The van der Waals surface area contributed by atoms with Gasteiger partial charge in [0.05, 0.1) is 11.7 Å². The van der Waals surface area contributed by atoms with Gasteiger partial charge in [-0.2, -0.15) is 0 Å². The van der Waals surface area contributed by atoms with Gasteiger partial charge < -0.3 is 5.43 Å². The minimum Gasteiger partial charge on any atom is -0.323 e. The summed E-state index contributed by atoms with van der Waals surface area (Å²) >= 11 is 1.55. The monoisotopic (exact) mass is 325 g/mol. The molecule has 0 fully saturated rings. The quantitative estimate of drug-likeness (QED) is 0.540. The Labute approximate surface area is 129 Å². The Hall–Kier alpha value is -1.41. The van der Waals surface area contributed by atoms with Crippen LogP contribution in [0.5, 0.6) is 0 Å². The van der Waals surface area contributed by atoms with Crippen LogP contribution in [0.1, 0.15) is 30.7 Å². The molecular formula is C14H19N3O2S2. The van der Waals surface area contributed by atoms with E-state index in [0.717, 1.165) is 17.7 Å². The first-order valence-corrected chi connectivity index (χ1v) is 9.06. The van der Waals surface area contributed by atoms with Gasteiger partial charge in [0.25, 0.3) is 0 Å². The van der Waals surface area contributed by atoms with E-state index in [4.69, 9.17) is 5.84 Å². The van der Waals surface area contributed by atoms with Crippen molar-refractivity contribution >= 4 is 27.0 Å². The fourth-order valence-electron chi connectivity index (χ4n) is 2.11. The van der Waals surface area contributed by atoms with Gasteiger partial charge in [-0.15, -0.1) is 11.3 Å². The topological polar surface area (TPSA) is 84.2 Å². The number of hydrazine groups is 1. The van der Waals surface area contributed by atoms with E-state index in [1.807, 2.05) is 24.4 Å². The van der Waals surface area contributed by atoms with E-state index in [1.165, 1.54) is 6.07 Å². The third kappa shape index (κ3) is 3.82. The first-order valence-electron chi connectivity index (χ1n) is 6.70. The lowest BCUT2D eigenvalue weighted by Crippen LogP contribution is -2.29. The number of hydrogen-bond donors (Lipinski definition) is 3. The van der Waals surface area contributed by atoms with Gasteiger partial charge in [0.2, 0.25) is 10.0 Å². The van der Waals surface area contributed by atoms with Crippen LogP contribution in [-0.2, 0) is 10.0 Å². The van der Waals surface area contributed by atoms with Crippen molar-refractivity contribution in [2.75, 3.05) is 5.43 Å². The van der Waals surface area contributed by atoms with Crippen LogP contribution in [0.3, 0.4) is 0 Å². The Balaban J connectivity index is 2.30. The molecule has 0 saturated carbocycles. The molecule has 1 atom stereocenters. The van der Waals surface area contributed by atoms with Gasteiger partial charge in [-0.25, -0.2) is 13.1 Å². The molecule has 0 radical (unpaired) electrons. The molecule has 0 aliphatic rings. The summed E-state index contributed by atoms with van der Waals surface area (Å²) in [6.07, 6.45) is 1.64. The average Bonchev–Trinajstić information content (AvgIpc) is 3.01. The number of benzene rings is 1. The molecule has 2 rings (SSSR count). The van der Waals surface area contributed by atoms with Crippen LogP contribution in [-0.4, -0.2) is 8.42 Å². The molecule has 1 heterocycles. The average molecular weight is 325 g/mol. The van der Waals surface area contributed by atoms with Gasteiger partial charge in [-0.05, 0) is 30.0 Å². The SMILES string of the molecule is CCCC(NS(=O)(=O)c1ccccc1NN)c1cccs1. The third-order valence-electron chi connectivity index (χ3n) is 3.09. The second-order valence-corrected chi connectivity index (χ2v) is 7.28. The van der Waals surface area contributed by atoms with E-state index in [0.29, 0.717) is 5.69 Å². The summed E-state index contributed by atoms with van der Waals surface area (Å²) in [6, 6.07) is 10.2. The maximum Gasteiger partial charge on any atom is 0.243 e. The Morgan fingerprint density at radius 3 is 2.62 bits per heavy atom. The van der Waals surface area contributed by atoms with Crippen LogP contribution in [0.25, 0.3) is 0 Å². The minimum absolute atomic E-state index is 0.158. The molecule has 5 nitrogen and oxygen atoms in total. The van der Waals surface area contributed by atoms with Crippen molar-refractivity contribution in [1.82, 2.24) is 4.72 Å². The second kappa shape index (κ2) is 7.04. The normalized spacial score (nSPS) is 13.0. The van der Waals surface area contributed by atoms with E-state index >= 15 is 0 Å². The number of para-hydroxylation sites is 1. The van der Waals surface area contributed by atoms with Gasteiger partial charge in [-0.3, -0.25) is 5.84 Å². The Morgan fingerprint density at radius 2 is 2.00 bits per heavy atom. The molecule has 0 spiro atoms. The number of thiophene rings is 1. The Morgan fingerprint density at radius 1 is 1.24 bits per heavy atom. The standard InChI is InChI=1S/C14H19N3O2S2/c1-2-6-11(13-8-5-10-20-13)17-21(18,19)14-9-4-3-7-12(14)16-15/h3-5,7-11,16-17H,2,6,15H2,1H3. The molecule has 4 N–H and O–H groups in total. The van der Waals surface area contributed by atoms with Crippen molar-refractivity contribution in [3.05, 3.63) is 46.7 Å². The molecule has 1 aromatic carbocycles. The van der Waals surface area contributed by atoms with Crippen LogP contribution in [0.2, 0.25) is 0 Å². The molecule has 0 saturated heterocycles. The second-order valence-electron chi connectivity index (χ2n) is 4.62. The minimum atomic E-state index is -3.64. The van der Waals surface area contributed by atoms with Crippen LogP contribution in [0.15, 0.2) is 46.7 Å². The molecule has 0 aliphatic carbocycles. The summed E-state index contributed by atoms with van der Waals surface area (Å²) in [5, 5.41) is 1.95. The highest BCUT2D eigenvalue weighted by molar-refractivity contribution is 7.89. The zero-order valence-corrected chi connectivity index (χ0v) is 13.4. The van der Waals surface area contributed by atoms with Gasteiger partial charge in [-0.1, -0.05) is 31.5 Å². The number of rotatable bonds is 7. The van der Waals surface area contributed by atoms with Crippen LogP contribution in [0, 0.1) is 0 Å². The molecule has 1 unspecified atom stereocenters. The summed E-state index contributed by atoms with van der Waals surface area (Å²) in [4.78, 5) is 1.17. The smallest absolute Gasteiger partial charge is 0.243 e. The molecule has 114 valence electrons. The number of nitrogens with one attached hydrogen (secondary N) is 2. The molecule has 0 bridgehead atoms. The summed E-state index contributed by atoms with van der Waals surface area (Å²) in [5.41, 5.74) is 2.81. The fourth-order valence-corrected chi connectivity index (χ4v) is 4.42. The number of nitrogens with two attached hydrogens (primary N) is 1. The van der Waals surface area contributed by atoms with Gasteiger partial charge >= 0.3 is 0 Å². The molecular weight excluding hydrogens is 306 g/mol. The van der Waals surface area contributed by atoms with Crippen molar-refractivity contribution in [2.24, 2.45) is 5.84 Å². The number of hydrogen-bond acceptors (Lipinski definition) is 5. The van der Waals surface area contributed by atoms with Crippen LogP contribution in [0.4, 0.5) is 5.69 Å². The third-order valence-corrected chi connectivity index (χ3v) is 5.61. The van der Waals surface area contributed by atoms with Crippen molar-refractivity contribution in [2.45, 2.75) is 30.7 Å². The largest absolute Gasteiger partial charge is 0.323 e. The first-order chi connectivity index (χ1) is 10.1. The summed E-state index contributed by atoms with van der Waals surface area (Å²) in [5.74, 6) is 5.39. The van der Waals surface area contributed by atoms with E-state index < -0.39 is 10.0 Å². The molecule has 21 heavy (non-hydrogen) atoms. The lowest BCUT2D eigenvalue weighted by molar-refractivity contribution is 0.540. The Kier molecular flexibility index (Phi) is 5.35. The first kappa shape index (κ1) is 16.0. The van der Waals surface area contributed by atoms with Crippen molar-refractivity contribution in [3.63, 3.8) is 0 Å². The fraction of sp³-hybridized carbons (Fsp3) is 0.286. The molecule has 0 amide bonds. The summed E-state index contributed by atoms with van der Waals surface area (Å²) in [7, 11) is -3.64. The zero-order valence-electron chi connectivity index (χ0n) is 11.7. The maximum absolute atomic E-state index is 12.6. The van der Waals surface area contributed by atoms with Crippen LogP contribution >= 0.6 is 11.3 Å². The van der Waals surface area contributed by atoms with Crippen molar-refractivity contribution in [3.8, 4) is 0 Å². The number of sulfonamides is 1. The highest BCUT2D eigenvalue weighted by atomic mass is 32.2. The van der Waals surface area contributed by atoms with Crippen molar-refractivity contribution < 1.29 is 8.42 Å². The van der Waals surface area contributed by atoms with E-state index in [2.05, 4.69) is 10.1 Å². The van der Waals surface area contributed by atoms with E-state index in [9.17, 15) is 8.42 Å². The number of nitrogen functional groups attached to an aromatic ring is 1. The maximum atomic E-state index is 12.6. The van der Waals surface area contributed by atoms with E-state index in [-0.39, 0.29) is 10.9 Å². The Bertz CT molecular complexity index is 669. The number of anilines is 1. The van der Waals surface area contributed by atoms with E-state index in [1.54, 1.807) is 29.5 Å². The van der Waals surface area contributed by atoms with Crippen LogP contribution < -0.4 is 16.0 Å². The van der Waals surface area contributed by atoms with Gasteiger partial charge in [0.1, 0.15) is 4.90 Å². The van der Waals surface area contributed by atoms with Crippen molar-refractivity contribution in [1.29, 1.82) is 0 Å². The lowest BCUT2D eigenvalue weighted by atomic mass is 10.1. The van der Waals surface area contributed by atoms with Gasteiger partial charge in [0.15, 0.2) is 0 Å². The zero-order chi connectivity index (χ0) is 15.3. The molecule has 0 aliphatic heterocycles. The molecule has 7 heteroatoms. The predicted molar refractivity (Wildman–Crippen MR) is 86.5 cm³/mol. The lowest BCUT2D eigenvalue weighted by Gasteiger charge is -2.18.